The quantitative estimate of drug-likeness (QED) is 0.670. The molecule has 0 bridgehead atoms. The van der Waals surface area contributed by atoms with Crippen molar-refractivity contribution in [3.05, 3.63) is 17.2 Å². The molecule has 0 saturated heterocycles. The molecule has 0 aliphatic carbocycles. The van der Waals surface area contributed by atoms with Gasteiger partial charge in [-0.1, -0.05) is 25.6 Å². The molecule has 0 amide bonds. The van der Waals surface area contributed by atoms with Gasteiger partial charge < -0.3 is 19.3 Å². The highest BCUT2D eigenvalue weighted by Crippen LogP contribution is 2.41. The summed E-state index contributed by atoms with van der Waals surface area (Å²) in [4.78, 5) is 0. The zero-order valence-electron chi connectivity index (χ0n) is 13.7. The van der Waals surface area contributed by atoms with Crippen LogP contribution in [-0.4, -0.2) is 41.1 Å². The van der Waals surface area contributed by atoms with Crippen LogP contribution in [0, 0.1) is 11.5 Å². The number of ether oxygens (including phenoxy) is 3. The lowest BCUT2D eigenvalue weighted by Crippen LogP contribution is -2.16. The molecule has 0 aliphatic rings. The van der Waals surface area contributed by atoms with Crippen molar-refractivity contribution in [1.29, 1.82) is 0 Å². The van der Waals surface area contributed by atoms with Gasteiger partial charge in [-0.15, -0.1) is 5.54 Å². The van der Waals surface area contributed by atoms with Crippen molar-refractivity contribution in [3.8, 4) is 28.7 Å². The molecule has 0 fully saturated rings. The van der Waals surface area contributed by atoms with Crippen molar-refractivity contribution in [2.45, 2.75) is 26.1 Å². The standard InChI is InChI=1S/C16H24O4Si/c1-18-14-11-12(7-9-17)13(8-10-21(4,5)6)15(19-2)16(14)20-3/h11,17H,7,9H2,1-6H3. The fraction of sp³-hybridized carbons (Fsp3) is 0.500. The van der Waals surface area contributed by atoms with E-state index >= 15 is 0 Å². The predicted molar refractivity (Wildman–Crippen MR) is 87.1 cm³/mol. The molecule has 1 N–H and O–H groups in total. The predicted octanol–water partition coefficient (Wildman–Crippen LogP) is 2.48. The molecule has 1 rings (SSSR count). The lowest BCUT2D eigenvalue weighted by molar-refractivity contribution is 0.297. The van der Waals surface area contributed by atoms with E-state index in [1.54, 1.807) is 21.3 Å². The molecule has 0 spiro atoms. The third kappa shape index (κ3) is 4.41. The second-order valence-corrected chi connectivity index (χ2v) is 10.4. The van der Waals surface area contributed by atoms with E-state index in [1.807, 2.05) is 6.07 Å². The summed E-state index contributed by atoms with van der Waals surface area (Å²) in [5.41, 5.74) is 5.00. The second kappa shape index (κ2) is 7.39. The van der Waals surface area contributed by atoms with Crippen LogP contribution in [0.5, 0.6) is 17.2 Å². The monoisotopic (exact) mass is 308 g/mol. The lowest BCUT2D eigenvalue weighted by atomic mass is 10.0. The highest BCUT2D eigenvalue weighted by atomic mass is 28.3. The third-order valence-electron chi connectivity index (χ3n) is 2.86. The summed E-state index contributed by atoms with van der Waals surface area (Å²) in [5, 5.41) is 9.27. The summed E-state index contributed by atoms with van der Waals surface area (Å²) in [7, 11) is 3.21. The van der Waals surface area contributed by atoms with Gasteiger partial charge in [0.15, 0.2) is 11.5 Å². The molecule has 1 aromatic carbocycles. The van der Waals surface area contributed by atoms with Gasteiger partial charge in [0.25, 0.3) is 0 Å². The summed E-state index contributed by atoms with van der Waals surface area (Å²) in [5.74, 6) is 4.89. The maximum atomic E-state index is 9.27. The van der Waals surface area contributed by atoms with E-state index in [0.717, 1.165) is 11.1 Å². The van der Waals surface area contributed by atoms with Gasteiger partial charge in [-0.2, -0.15) is 0 Å². The van der Waals surface area contributed by atoms with E-state index in [2.05, 4.69) is 31.1 Å². The average molecular weight is 308 g/mol. The van der Waals surface area contributed by atoms with E-state index in [1.165, 1.54) is 0 Å². The largest absolute Gasteiger partial charge is 0.493 e. The van der Waals surface area contributed by atoms with Crippen LogP contribution in [0.2, 0.25) is 19.6 Å². The Morgan fingerprint density at radius 1 is 1.05 bits per heavy atom. The van der Waals surface area contributed by atoms with Gasteiger partial charge in [0.05, 0.1) is 26.9 Å². The summed E-state index contributed by atoms with van der Waals surface area (Å²) >= 11 is 0. The van der Waals surface area contributed by atoms with Crippen molar-refractivity contribution < 1.29 is 19.3 Å². The van der Waals surface area contributed by atoms with Crippen LogP contribution in [0.1, 0.15) is 11.1 Å². The van der Waals surface area contributed by atoms with E-state index in [-0.39, 0.29) is 6.61 Å². The first-order chi connectivity index (χ1) is 9.87. The van der Waals surface area contributed by atoms with E-state index in [4.69, 9.17) is 14.2 Å². The minimum atomic E-state index is -1.52. The first-order valence-electron chi connectivity index (χ1n) is 6.83. The third-order valence-corrected chi connectivity index (χ3v) is 3.73. The van der Waals surface area contributed by atoms with Gasteiger partial charge in [-0.25, -0.2) is 0 Å². The molecule has 0 saturated carbocycles. The average Bonchev–Trinajstić information content (AvgIpc) is 2.43. The van der Waals surface area contributed by atoms with Gasteiger partial charge >= 0.3 is 0 Å². The second-order valence-electron chi connectivity index (χ2n) is 5.65. The minimum Gasteiger partial charge on any atom is -0.493 e. The molecule has 116 valence electrons. The zero-order valence-corrected chi connectivity index (χ0v) is 14.7. The van der Waals surface area contributed by atoms with Crippen LogP contribution < -0.4 is 14.2 Å². The lowest BCUT2D eigenvalue weighted by Gasteiger charge is -2.17. The van der Waals surface area contributed by atoms with Crippen molar-refractivity contribution in [2.24, 2.45) is 0 Å². The van der Waals surface area contributed by atoms with Crippen LogP contribution in [0.4, 0.5) is 0 Å². The van der Waals surface area contributed by atoms with Crippen molar-refractivity contribution >= 4 is 8.07 Å². The highest BCUT2D eigenvalue weighted by Gasteiger charge is 2.19. The van der Waals surface area contributed by atoms with Crippen LogP contribution in [0.25, 0.3) is 0 Å². The Morgan fingerprint density at radius 2 is 1.67 bits per heavy atom. The number of methoxy groups -OCH3 is 3. The number of hydrogen-bond acceptors (Lipinski definition) is 4. The molecule has 4 nitrogen and oxygen atoms in total. The smallest absolute Gasteiger partial charge is 0.204 e. The van der Waals surface area contributed by atoms with Gasteiger partial charge in [0, 0.05) is 6.61 Å². The Labute approximate surface area is 128 Å². The highest BCUT2D eigenvalue weighted by molar-refractivity contribution is 6.83. The normalized spacial score (nSPS) is 10.6. The fourth-order valence-electron chi connectivity index (χ4n) is 1.91. The van der Waals surface area contributed by atoms with Crippen molar-refractivity contribution in [2.75, 3.05) is 27.9 Å². The summed E-state index contributed by atoms with van der Waals surface area (Å²) in [6, 6.07) is 1.85. The van der Waals surface area contributed by atoms with Crippen LogP contribution in [0.3, 0.4) is 0 Å². The van der Waals surface area contributed by atoms with Gasteiger partial charge in [-0.05, 0) is 18.1 Å². The van der Waals surface area contributed by atoms with Crippen molar-refractivity contribution in [1.82, 2.24) is 0 Å². The number of aliphatic hydroxyl groups is 1. The molecular weight excluding hydrogens is 284 g/mol. The van der Waals surface area contributed by atoms with E-state index in [9.17, 15) is 5.11 Å². The Balaban J connectivity index is 3.58. The maximum absolute atomic E-state index is 9.27. The molecule has 0 heterocycles. The Morgan fingerprint density at radius 3 is 2.10 bits per heavy atom. The number of aliphatic hydroxyl groups excluding tert-OH is 1. The molecule has 0 unspecified atom stereocenters. The van der Waals surface area contributed by atoms with Gasteiger partial charge in [0.1, 0.15) is 8.07 Å². The maximum Gasteiger partial charge on any atom is 0.204 e. The molecule has 5 heteroatoms. The summed E-state index contributed by atoms with van der Waals surface area (Å²) in [6.45, 7) is 6.58. The number of hydrogen-bond donors (Lipinski definition) is 1. The Hall–Kier alpha value is -1.64. The van der Waals surface area contributed by atoms with Crippen LogP contribution in [-0.2, 0) is 6.42 Å². The van der Waals surface area contributed by atoms with Gasteiger partial charge in [-0.3, -0.25) is 0 Å². The van der Waals surface area contributed by atoms with Crippen LogP contribution >= 0.6 is 0 Å². The summed E-state index contributed by atoms with van der Waals surface area (Å²) in [6.07, 6.45) is 0.492. The molecule has 0 radical (unpaired) electrons. The van der Waals surface area contributed by atoms with E-state index < -0.39 is 8.07 Å². The zero-order chi connectivity index (χ0) is 16.0. The Kier molecular flexibility index (Phi) is 6.13. The SMILES string of the molecule is COc1cc(CCO)c(C#C[Si](C)(C)C)c(OC)c1OC. The van der Waals surface area contributed by atoms with Crippen molar-refractivity contribution in [3.63, 3.8) is 0 Å². The Bertz CT molecular complexity index is 550. The molecular formula is C16H24O4Si. The topological polar surface area (TPSA) is 47.9 Å². The van der Waals surface area contributed by atoms with E-state index in [0.29, 0.717) is 23.7 Å². The molecule has 0 aliphatic heterocycles. The molecule has 0 atom stereocenters. The van der Waals surface area contributed by atoms with Crippen LogP contribution in [0.15, 0.2) is 6.07 Å². The molecule has 21 heavy (non-hydrogen) atoms. The first-order valence-corrected chi connectivity index (χ1v) is 10.3. The summed E-state index contributed by atoms with van der Waals surface area (Å²) < 4.78 is 16.2. The fourth-order valence-corrected chi connectivity index (χ4v) is 2.41. The number of rotatable bonds is 5. The minimum absolute atomic E-state index is 0.0419. The number of benzene rings is 1. The van der Waals surface area contributed by atoms with Gasteiger partial charge in [0.2, 0.25) is 5.75 Å². The first kappa shape index (κ1) is 17.4. The molecule has 0 aromatic heterocycles. The molecule has 1 aromatic rings.